The number of halogens is 1. The van der Waals surface area contributed by atoms with Gasteiger partial charge in [-0.15, -0.1) is 0 Å². The van der Waals surface area contributed by atoms with E-state index in [-0.39, 0.29) is 11.7 Å². The Labute approximate surface area is 164 Å². The molecule has 3 rings (SSSR count). The van der Waals surface area contributed by atoms with Crippen LogP contribution in [0.1, 0.15) is 62.8 Å². The highest BCUT2D eigenvalue weighted by Gasteiger charge is 2.33. The summed E-state index contributed by atoms with van der Waals surface area (Å²) in [5.41, 5.74) is 4.20. The van der Waals surface area contributed by atoms with Gasteiger partial charge in [-0.25, -0.2) is 0 Å². The van der Waals surface area contributed by atoms with Gasteiger partial charge in [-0.2, -0.15) is 0 Å². The van der Waals surface area contributed by atoms with E-state index in [1.165, 1.54) is 11.1 Å². The molecule has 26 heavy (non-hydrogen) atoms. The first-order valence-corrected chi connectivity index (χ1v) is 10.2. The molecule has 138 valence electrons. The van der Waals surface area contributed by atoms with Crippen molar-refractivity contribution in [2.75, 3.05) is 0 Å². The lowest BCUT2D eigenvalue weighted by atomic mass is 9.90. The molecule has 1 aliphatic rings. The molecule has 0 radical (unpaired) electrons. The Morgan fingerprint density at radius 1 is 1.19 bits per heavy atom. The van der Waals surface area contributed by atoms with Crippen molar-refractivity contribution in [3.63, 3.8) is 0 Å². The molecule has 0 bridgehead atoms. The van der Waals surface area contributed by atoms with Crippen LogP contribution in [0, 0.1) is 0 Å². The van der Waals surface area contributed by atoms with Gasteiger partial charge in [0.25, 0.3) is 0 Å². The molecule has 0 amide bonds. The third-order valence-corrected chi connectivity index (χ3v) is 5.55. The number of aryl methyl sites for hydroxylation is 1. The maximum absolute atomic E-state index is 10.4. The SMILES string of the molecule is CCC[C@@]1(C)N=C(c2ccc(CC)cc2)C[C@@H](c2cc(Br)ccc2O)N1. The summed E-state index contributed by atoms with van der Waals surface area (Å²) in [6, 6.07) is 14.4. The van der Waals surface area contributed by atoms with Gasteiger partial charge in [0.05, 0.1) is 0 Å². The highest BCUT2D eigenvalue weighted by Crippen LogP contribution is 2.36. The molecular formula is C22H27BrN2O. The summed E-state index contributed by atoms with van der Waals surface area (Å²) in [5, 5.41) is 14.1. The number of phenols is 1. The minimum Gasteiger partial charge on any atom is -0.508 e. The molecular weight excluding hydrogens is 388 g/mol. The third kappa shape index (κ3) is 4.18. The maximum atomic E-state index is 10.4. The van der Waals surface area contributed by atoms with Gasteiger partial charge in [-0.1, -0.05) is 60.5 Å². The second-order valence-corrected chi connectivity index (χ2v) is 8.15. The van der Waals surface area contributed by atoms with Crippen LogP contribution in [-0.4, -0.2) is 16.5 Å². The monoisotopic (exact) mass is 414 g/mol. The fourth-order valence-corrected chi connectivity index (χ4v) is 4.10. The number of hydrogen-bond acceptors (Lipinski definition) is 3. The van der Waals surface area contributed by atoms with Gasteiger partial charge in [0, 0.05) is 28.2 Å². The summed E-state index contributed by atoms with van der Waals surface area (Å²) < 4.78 is 0.973. The number of aromatic hydroxyl groups is 1. The first-order chi connectivity index (χ1) is 12.4. The number of benzene rings is 2. The molecule has 4 heteroatoms. The lowest BCUT2D eigenvalue weighted by Gasteiger charge is -2.38. The van der Waals surface area contributed by atoms with E-state index in [1.54, 1.807) is 6.07 Å². The van der Waals surface area contributed by atoms with Gasteiger partial charge in [0.1, 0.15) is 11.4 Å². The summed E-state index contributed by atoms with van der Waals surface area (Å²) in [7, 11) is 0. The Morgan fingerprint density at radius 2 is 1.92 bits per heavy atom. The van der Waals surface area contributed by atoms with Crippen molar-refractivity contribution in [2.24, 2.45) is 4.99 Å². The van der Waals surface area contributed by atoms with Crippen LogP contribution >= 0.6 is 15.9 Å². The first kappa shape index (κ1) is 19.1. The highest BCUT2D eigenvalue weighted by atomic mass is 79.9. The molecule has 2 atom stereocenters. The molecule has 1 heterocycles. The van der Waals surface area contributed by atoms with E-state index in [9.17, 15) is 5.11 Å². The standard InChI is InChI=1S/C22H27BrN2O/c1-4-12-22(3)24-19(16-8-6-15(5-2)7-9-16)14-20(25-22)18-13-17(23)10-11-21(18)26/h6-11,13,20,25-26H,4-5,12,14H2,1-3H3/t20-,22-/m0/s1. The zero-order chi connectivity index (χ0) is 18.7. The van der Waals surface area contributed by atoms with Crippen molar-refractivity contribution in [3.05, 3.63) is 63.6 Å². The van der Waals surface area contributed by atoms with E-state index in [1.807, 2.05) is 12.1 Å². The molecule has 2 aromatic rings. The Balaban J connectivity index is 1.99. The molecule has 1 aliphatic heterocycles. The van der Waals surface area contributed by atoms with Gasteiger partial charge in [-0.05, 0) is 49.1 Å². The number of phenolic OH excluding ortho intramolecular Hbond substituents is 1. The van der Waals surface area contributed by atoms with Crippen LogP contribution in [0.5, 0.6) is 5.75 Å². The van der Waals surface area contributed by atoms with Crippen molar-refractivity contribution < 1.29 is 5.11 Å². The lowest BCUT2D eigenvalue weighted by Crippen LogP contribution is -2.47. The smallest absolute Gasteiger partial charge is 0.120 e. The maximum Gasteiger partial charge on any atom is 0.120 e. The molecule has 2 aromatic carbocycles. The first-order valence-electron chi connectivity index (χ1n) is 9.38. The molecule has 0 aliphatic carbocycles. The molecule has 0 saturated carbocycles. The number of aliphatic imine (C=N–C) groups is 1. The highest BCUT2D eigenvalue weighted by molar-refractivity contribution is 9.10. The molecule has 0 unspecified atom stereocenters. The zero-order valence-corrected chi connectivity index (χ0v) is 17.3. The fourth-order valence-electron chi connectivity index (χ4n) is 3.72. The second kappa shape index (κ2) is 7.93. The molecule has 0 saturated heterocycles. The predicted octanol–water partition coefficient (Wildman–Crippen LogP) is 5.76. The van der Waals surface area contributed by atoms with Crippen LogP contribution in [0.15, 0.2) is 51.9 Å². The van der Waals surface area contributed by atoms with Gasteiger partial charge in [-0.3, -0.25) is 10.3 Å². The summed E-state index contributed by atoms with van der Waals surface area (Å²) in [4.78, 5) is 5.07. The van der Waals surface area contributed by atoms with Gasteiger partial charge < -0.3 is 5.11 Å². The third-order valence-electron chi connectivity index (χ3n) is 5.06. The average Bonchev–Trinajstić information content (AvgIpc) is 2.63. The topological polar surface area (TPSA) is 44.6 Å². The van der Waals surface area contributed by atoms with Crippen LogP contribution in [0.25, 0.3) is 0 Å². The van der Waals surface area contributed by atoms with E-state index in [0.29, 0.717) is 5.75 Å². The van der Waals surface area contributed by atoms with E-state index >= 15 is 0 Å². The Bertz CT molecular complexity index is 800. The van der Waals surface area contributed by atoms with Crippen molar-refractivity contribution in [3.8, 4) is 5.75 Å². The van der Waals surface area contributed by atoms with Crippen molar-refractivity contribution in [1.82, 2.24) is 5.32 Å². The van der Waals surface area contributed by atoms with Crippen LogP contribution in [-0.2, 0) is 6.42 Å². The van der Waals surface area contributed by atoms with Crippen LogP contribution in [0.4, 0.5) is 0 Å². The summed E-state index contributed by atoms with van der Waals surface area (Å²) in [6.07, 6.45) is 3.80. The summed E-state index contributed by atoms with van der Waals surface area (Å²) in [5.74, 6) is 0.326. The van der Waals surface area contributed by atoms with E-state index in [0.717, 1.165) is 41.4 Å². The van der Waals surface area contributed by atoms with Crippen LogP contribution < -0.4 is 5.32 Å². The molecule has 0 fully saturated rings. The van der Waals surface area contributed by atoms with Crippen molar-refractivity contribution >= 4 is 21.6 Å². The summed E-state index contributed by atoms with van der Waals surface area (Å²) in [6.45, 7) is 6.50. The minimum absolute atomic E-state index is 0.0300. The van der Waals surface area contributed by atoms with Crippen LogP contribution in [0.2, 0.25) is 0 Å². The lowest BCUT2D eigenvalue weighted by molar-refractivity contribution is 0.283. The van der Waals surface area contributed by atoms with E-state index in [4.69, 9.17) is 4.99 Å². The largest absolute Gasteiger partial charge is 0.508 e. The van der Waals surface area contributed by atoms with Crippen molar-refractivity contribution in [1.29, 1.82) is 0 Å². The van der Waals surface area contributed by atoms with Gasteiger partial charge >= 0.3 is 0 Å². The fraction of sp³-hybridized carbons (Fsp3) is 0.409. The average molecular weight is 415 g/mol. The number of nitrogens with one attached hydrogen (secondary N) is 1. The quantitative estimate of drug-likeness (QED) is 0.653. The molecule has 2 N–H and O–H groups in total. The number of rotatable bonds is 5. The molecule has 0 spiro atoms. The predicted molar refractivity (Wildman–Crippen MR) is 112 cm³/mol. The van der Waals surface area contributed by atoms with Gasteiger partial charge in [0.2, 0.25) is 0 Å². The molecule has 0 aromatic heterocycles. The van der Waals surface area contributed by atoms with E-state index < -0.39 is 0 Å². The van der Waals surface area contributed by atoms with Gasteiger partial charge in [0.15, 0.2) is 0 Å². The second-order valence-electron chi connectivity index (χ2n) is 7.24. The Kier molecular flexibility index (Phi) is 5.83. The molecule has 3 nitrogen and oxygen atoms in total. The van der Waals surface area contributed by atoms with E-state index in [2.05, 4.69) is 66.3 Å². The number of nitrogens with zero attached hydrogens (tertiary/aromatic N) is 1. The van der Waals surface area contributed by atoms with Crippen LogP contribution in [0.3, 0.4) is 0 Å². The summed E-state index contributed by atoms with van der Waals surface area (Å²) >= 11 is 3.53. The Morgan fingerprint density at radius 3 is 2.58 bits per heavy atom. The minimum atomic E-state index is -0.328. The number of hydrogen-bond donors (Lipinski definition) is 2. The Hall–Kier alpha value is -1.65. The van der Waals surface area contributed by atoms with Crippen molar-refractivity contribution in [2.45, 2.75) is 58.2 Å². The normalized spacial score (nSPS) is 22.9. The zero-order valence-electron chi connectivity index (χ0n) is 15.7.